The molecule has 3 N–H and O–H groups in total. The molecule has 0 radical (unpaired) electrons. The lowest BCUT2D eigenvalue weighted by Gasteiger charge is -2.33. The van der Waals surface area contributed by atoms with Crippen molar-refractivity contribution in [1.82, 2.24) is 9.97 Å². The summed E-state index contributed by atoms with van der Waals surface area (Å²) in [6, 6.07) is 6.01. The third-order valence-electron chi connectivity index (χ3n) is 5.03. The predicted molar refractivity (Wildman–Crippen MR) is 118 cm³/mol. The molecule has 4 rings (SSSR count). The SMILES string of the molecule is N[C@@H]1C(C=Nc2cnc3scc(C(=O)Nc4ccccc4Br)c3n2)CCCC1(F)F. The van der Waals surface area contributed by atoms with Crippen molar-refractivity contribution in [3.8, 4) is 0 Å². The number of thiophene rings is 1. The van der Waals surface area contributed by atoms with Gasteiger partial charge >= 0.3 is 0 Å². The Morgan fingerprint density at radius 1 is 1.40 bits per heavy atom. The van der Waals surface area contributed by atoms with Crippen LogP contribution >= 0.6 is 27.3 Å². The van der Waals surface area contributed by atoms with E-state index >= 15 is 0 Å². The smallest absolute Gasteiger partial charge is 0.263 e. The highest BCUT2D eigenvalue weighted by Crippen LogP contribution is 2.35. The van der Waals surface area contributed by atoms with Gasteiger partial charge in [0.25, 0.3) is 11.8 Å². The molecule has 1 amide bonds. The molecule has 2 heterocycles. The Balaban J connectivity index is 1.57. The van der Waals surface area contributed by atoms with Crippen LogP contribution in [0.1, 0.15) is 29.6 Å². The molecule has 2 atom stereocenters. The van der Waals surface area contributed by atoms with Crippen molar-refractivity contribution in [2.75, 3.05) is 5.32 Å². The number of hydrogen-bond acceptors (Lipinski definition) is 6. The van der Waals surface area contributed by atoms with E-state index in [1.807, 2.05) is 18.2 Å². The number of amides is 1. The van der Waals surface area contributed by atoms with Crippen LogP contribution in [0.5, 0.6) is 0 Å². The Bertz CT molecular complexity index is 1120. The molecular weight excluding hydrogens is 476 g/mol. The second-order valence-electron chi connectivity index (χ2n) is 7.09. The highest BCUT2D eigenvalue weighted by atomic mass is 79.9. The van der Waals surface area contributed by atoms with Crippen molar-refractivity contribution in [1.29, 1.82) is 0 Å². The molecular formula is C20H18BrF2N5OS. The molecule has 1 saturated carbocycles. The van der Waals surface area contributed by atoms with Gasteiger partial charge in [-0.05, 0) is 40.9 Å². The Morgan fingerprint density at radius 2 is 2.20 bits per heavy atom. The molecule has 30 heavy (non-hydrogen) atoms. The quantitative estimate of drug-likeness (QED) is 0.490. The summed E-state index contributed by atoms with van der Waals surface area (Å²) in [6.07, 6.45) is 3.63. The van der Waals surface area contributed by atoms with E-state index in [9.17, 15) is 13.6 Å². The number of nitrogens with one attached hydrogen (secondary N) is 1. The van der Waals surface area contributed by atoms with E-state index in [-0.39, 0.29) is 18.1 Å². The molecule has 1 aliphatic carbocycles. The first-order valence-electron chi connectivity index (χ1n) is 9.33. The molecule has 1 fully saturated rings. The third kappa shape index (κ3) is 4.26. The molecule has 0 spiro atoms. The van der Waals surface area contributed by atoms with Crippen LogP contribution in [-0.2, 0) is 0 Å². The first kappa shape index (κ1) is 21.0. The highest BCUT2D eigenvalue weighted by molar-refractivity contribution is 9.10. The number of anilines is 1. The number of para-hydroxylation sites is 1. The predicted octanol–water partition coefficient (Wildman–Crippen LogP) is 5.17. The molecule has 10 heteroatoms. The summed E-state index contributed by atoms with van der Waals surface area (Å²) in [7, 11) is 0. The Labute approximate surface area is 183 Å². The van der Waals surface area contributed by atoms with Crippen molar-refractivity contribution in [2.45, 2.75) is 31.2 Å². The molecule has 6 nitrogen and oxygen atoms in total. The second kappa shape index (κ2) is 8.44. The van der Waals surface area contributed by atoms with Crippen molar-refractivity contribution >= 4 is 61.2 Å². The molecule has 0 bridgehead atoms. The number of rotatable bonds is 4. The van der Waals surface area contributed by atoms with E-state index in [4.69, 9.17) is 5.73 Å². The third-order valence-corrected chi connectivity index (χ3v) is 6.60. The zero-order valence-corrected chi connectivity index (χ0v) is 18.1. The number of alkyl halides is 2. The zero-order valence-electron chi connectivity index (χ0n) is 15.7. The molecule has 2 aromatic heterocycles. The van der Waals surface area contributed by atoms with Gasteiger partial charge in [-0.1, -0.05) is 12.1 Å². The minimum atomic E-state index is -2.89. The van der Waals surface area contributed by atoms with Crippen LogP contribution in [0, 0.1) is 5.92 Å². The van der Waals surface area contributed by atoms with Gasteiger partial charge in [-0.3, -0.25) is 4.79 Å². The number of halogens is 3. The molecule has 1 aliphatic rings. The van der Waals surface area contributed by atoms with E-state index < -0.39 is 17.9 Å². The lowest BCUT2D eigenvalue weighted by atomic mass is 9.83. The summed E-state index contributed by atoms with van der Waals surface area (Å²) in [5, 5.41) is 4.52. The van der Waals surface area contributed by atoms with E-state index in [2.05, 4.69) is 36.2 Å². The van der Waals surface area contributed by atoms with E-state index in [1.54, 1.807) is 11.4 Å². The standard InChI is InChI=1S/C20H18BrF2N5OS/c21-13-5-1-2-6-14(13)27-18(29)12-10-30-19-16(12)28-15(9-26-19)25-8-11-4-3-7-20(22,23)17(11)24/h1-2,5-6,8-11,17H,3-4,7,24H2,(H,27,29)/t11?,17-/m1/s1. The normalized spacial score (nSPS) is 21.2. The van der Waals surface area contributed by atoms with Gasteiger partial charge in [0.2, 0.25) is 0 Å². The largest absolute Gasteiger partial charge is 0.322 e. The van der Waals surface area contributed by atoms with Crippen LogP contribution in [0.15, 0.2) is 45.3 Å². The lowest BCUT2D eigenvalue weighted by Crippen LogP contribution is -2.49. The molecule has 0 saturated heterocycles. The summed E-state index contributed by atoms with van der Waals surface area (Å²) in [4.78, 5) is 26.3. The van der Waals surface area contributed by atoms with Crippen LogP contribution in [0.4, 0.5) is 20.3 Å². The number of nitrogens with two attached hydrogens (primary N) is 1. The lowest BCUT2D eigenvalue weighted by molar-refractivity contribution is -0.0607. The molecule has 3 aromatic rings. The van der Waals surface area contributed by atoms with Crippen LogP contribution in [0.25, 0.3) is 10.3 Å². The van der Waals surface area contributed by atoms with Gasteiger partial charge in [0.05, 0.1) is 23.5 Å². The molecule has 1 aromatic carbocycles. The molecule has 0 aliphatic heterocycles. The van der Waals surface area contributed by atoms with E-state index in [1.165, 1.54) is 23.7 Å². The summed E-state index contributed by atoms with van der Waals surface area (Å²) < 4.78 is 28.4. The van der Waals surface area contributed by atoms with Crippen molar-refractivity contribution in [3.63, 3.8) is 0 Å². The topological polar surface area (TPSA) is 93.3 Å². The van der Waals surface area contributed by atoms with Gasteiger partial charge in [0.15, 0.2) is 5.82 Å². The fourth-order valence-corrected chi connectivity index (χ4v) is 4.56. The number of aromatic nitrogens is 2. The van der Waals surface area contributed by atoms with E-state index in [0.717, 1.165) is 4.47 Å². The fraction of sp³-hybridized carbons (Fsp3) is 0.300. The van der Waals surface area contributed by atoms with Crippen LogP contribution in [-0.4, -0.2) is 34.1 Å². The first-order chi connectivity index (χ1) is 14.3. The number of carbonyl (C=O) groups excluding carboxylic acids is 1. The van der Waals surface area contributed by atoms with Crippen molar-refractivity contribution < 1.29 is 13.6 Å². The second-order valence-corrected chi connectivity index (χ2v) is 8.80. The Hall–Kier alpha value is -2.30. The maximum Gasteiger partial charge on any atom is 0.263 e. The number of aliphatic imine (C=N–C) groups is 1. The first-order valence-corrected chi connectivity index (χ1v) is 11.0. The zero-order chi connectivity index (χ0) is 21.3. The van der Waals surface area contributed by atoms with Crippen LogP contribution in [0.2, 0.25) is 0 Å². The van der Waals surface area contributed by atoms with Crippen molar-refractivity contribution in [3.05, 3.63) is 45.9 Å². The summed E-state index contributed by atoms with van der Waals surface area (Å²) in [5.74, 6) is -3.50. The summed E-state index contributed by atoms with van der Waals surface area (Å²) in [5.41, 5.74) is 7.13. The van der Waals surface area contributed by atoms with Gasteiger partial charge in [0.1, 0.15) is 10.3 Å². The average molecular weight is 494 g/mol. The van der Waals surface area contributed by atoms with E-state index in [0.29, 0.717) is 34.4 Å². The van der Waals surface area contributed by atoms with Gasteiger partial charge < -0.3 is 11.1 Å². The number of fused-ring (bicyclic) bond motifs is 1. The number of benzene rings is 1. The van der Waals surface area contributed by atoms with Gasteiger partial charge in [-0.2, -0.15) is 0 Å². The minimum absolute atomic E-state index is 0.199. The minimum Gasteiger partial charge on any atom is -0.322 e. The number of carbonyl (C=O) groups is 1. The van der Waals surface area contributed by atoms with Crippen LogP contribution in [0.3, 0.4) is 0 Å². The van der Waals surface area contributed by atoms with Gasteiger partial charge in [-0.25, -0.2) is 23.7 Å². The number of nitrogens with zero attached hydrogens (tertiary/aromatic N) is 3. The molecule has 1 unspecified atom stereocenters. The van der Waals surface area contributed by atoms with Gasteiger partial charge in [0, 0.05) is 28.4 Å². The van der Waals surface area contributed by atoms with Crippen molar-refractivity contribution in [2.24, 2.45) is 16.6 Å². The summed E-state index contributed by atoms with van der Waals surface area (Å²) >= 11 is 4.69. The molecule has 156 valence electrons. The Kier molecular flexibility index (Phi) is 5.90. The fourth-order valence-electron chi connectivity index (χ4n) is 3.35. The maximum atomic E-state index is 13.8. The summed E-state index contributed by atoms with van der Waals surface area (Å²) in [6.45, 7) is 0. The average Bonchev–Trinajstić information content (AvgIpc) is 3.14. The highest BCUT2D eigenvalue weighted by Gasteiger charge is 2.43. The monoisotopic (exact) mass is 493 g/mol. The van der Waals surface area contributed by atoms with Gasteiger partial charge in [-0.15, -0.1) is 11.3 Å². The Morgan fingerprint density at radius 3 is 3.00 bits per heavy atom. The number of hydrogen-bond donors (Lipinski definition) is 2. The van der Waals surface area contributed by atoms with Crippen LogP contribution < -0.4 is 11.1 Å². The maximum absolute atomic E-state index is 13.8.